The van der Waals surface area contributed by atoms with Gasteiger partial charge in [-0.15, -0.1) is 0 Å². The fourth-order valence-corrected chi connectivity index (χ4v) is 3.56. The molecule has 0 bridgehead atoms. The molecule has 3 aromatic carbocycles. The standard InChI is InChI=1S/C25H29NO2/c1-6-24(28-22-12-11-20-9-7-8-10-21(20)15-22)25(27)26-19(5)23-14-17(3)16(2)13-18(23)4/h7-15,19,24H,6H2,1-5H3,(H,26,27). The van der Waals surface area contributed by atoms with E-state index in [-0.39, 0.29) is 11.9 Å². The molecule has 0 radical (unpaired) electrons. The SMILES string of the molecule is CCC(Oc1ccc2ccccc2c1)C(=O)NC(C)c1cc(C)c(C)cc1C. The van der Waals surface area contributed by atoms with Gasteiger partial charge in [0, 0.05) is 0 Å². The molecule has 0 heterocycles. The van der Waals surface area contributed by atoms with Crippen LogP contribution in [0.25, 0.3) is 10.8 Å². The zero-order chi connectivity index (χ0) is 20.3. The van der Waals surface area contributed by atoms with Crippen molar-refractivity contribution in [1.82, 2.24) is 5.32 Å². The molecule has 1 N–H and O–H groups in total. The fourth-order valence-electron chi connectivity index (χ4n) is 3.56. The number of carbonyl (C=O) groups is 1. The minimum absolute atomic E-state index is 0.0685. The number of ether oxygens (including phenoxy) is 1. The van der Waals surface area contributed by atoms with Crippen LogP contribution in [0.1, 0.15) is 48.6 Å². The topological polar surface area (TPSA) is 38.3 Å². The highest BCUT2D eigenvalue weighted by molar-refractivity contribution is 5.84. The molecule has 0 spiro atoms. The van der Waals surface area contributed by atoms with Gasteiger partial charge in [0.1, 0.15) is 5.75 Å². The lowest BCUT2D eigenvalue weighted by atomic mass is 9.96. The van der Waals surface area contributed by atoms with Gasteiger partial charge in [-0.3, -0.25) is 4.79 Å². The minimum atomic E-state index is -0.518. The van der Waals surface area contributed by atoms with Crippen molar-refractivity contribution in [2.24, 2.45) is 0 Å². The highest BCUT2D eigenvalue weighted by atomic mass is 16.5. The lowest BCUT2D eigenvalue weighted by Crippen LogP contribution is -2.39. The first kappa shape index (κ1) is 19.9. The summed E-state index contributed by atoms with van der Waals surface area (Å²) >= 11 is 0. The van der Waals surface area contributed by atoms with E-state index in [2.05, 4.69) is 44.3 Å². The molecule has 3 aromatic rings. The van der Waals surface area contributed by atoms with Crippen LogP contribution in [0.15, 0.2) is 54.6 Å². The predicted octanol–water partition coefficient (Wildman–Crippen LogP) is 5.80. The van der Waals surface area contributed by atoms with E-state index in [1.54, 1.807) is 0 Å². The molecule has 0 aliphatic carbocycles. The number of benzene rings is 3. The van der Waals surface area contributed by atoms with Gasteiger partial charge < -0.3 is 10.1 Å². The average Bonchev–Trinajstić information content (AvgIpc) is 2.68. The Labute approximate surface area is 167 Å². The summed E-state index contributed by atoms with van der Waals surface area (Å²) in [5, 5.41) is 5.39. The van der Waals surface area contributed by atoms with Crippen LogP contribution < -0.4 is 10.1 Å². The number of hydrogen-bond donors (Lipinski definition) is 1. The van der Waals surface area contributed by atoms with E-state index < -0.39 is 6.10 Å². The molecule has 28 heavy (non-hydrogen) atoms. The molecule has 146 valence electrons. The Hall–Kier alpha value is -2.81. The lowest BCUT2D eigenvalue weighted by Gasteiger charge is -2.22. The van der Waals surface area contributed by atoms with Crippen LogP contribution in [0.5, 0.6) is 5.75 Å². The molecule has 0 fully saturated rings. The van der Waals surface area contributed by atoms with E-state index in [9.17, 15) is 4.79 Å². The molecular formula is C25H29NO2. The number of rotatable bonds is 6. The van der Waals surface area contributed by atoms with Gasteiger partial charge in [0.05, 0.1) is 6.04 Å². The van der Waals surface area contributed by atoms with Crippen molar-refractivity contribution in [1.29, 1.82) is 0 Å². The Balaban J connectivity index is 1.73. The number of carbonyl (C=O) groups excluding carboxylic acids is 1. The number of nitrogens with one attached hydrogen (secondary N) is 1. The van der Waals surface area contributed by atoms with Crippen molar-refractivity contribution >= 4 is 16.7 Å². The van der Waals surface area contributed by atoms with E-state index in [0.29, 0.717) is 6.42 Å². The summed E-state index contributed by atoms with van der Waals surface area (Å²) in [6.07, 6.45) is 0.0903. The molecule has 0 saturated heterocycles. The summed E-state index contributed by atoms with van der Waals surface area (Å²) in [6, 6.07) is 18.3. The quantitative estimate of drug-likeness (QED) is 0.591. The molecule has 0 saturated carbocycles. The smallest absolute Gasteiger partial charge is 0.261 e. The van der Waals surface area contributed by atoms with Gasteiger partial charge in [-0.2, -0.15) is 0 Å². The van der Waals surface area contributed by atoms with E-state index in [4.69, 9.17) is 4.74 Å². The van der Waals surface area contributed by atoms with Gasteiger partial charge in [0.25, 0.3) is 5.91 Å². The molecule has 0 aromatic heterocycles. The van der Waals surface area contributed by atoms with Gasteiger partial charge in [-0.05, 0) is 79.3 Å². The summed E-state index contributed by atoms with van der Waals surface area (Å²) in [5.74, 6) is 0.636. The molecule has 3 heteroatoms. The Kier molecular flexibility index (Phi) is 6.03. The maximum absolute atomic E-state index is 12.9. The maximum Gasteiger partial charge on any atom is 0.261 e. The third-order valence-corrected chi connectivity index (χ3v) is 5.37. The van der Waals surface area contributed by atoms with Crippen molar-refractivity contribution in [2.75, 3.05) is 0 Å². The van der Waals surface area contributed by atoms with Crippen LogP contribution in [-0.2, 0) is 4.79 Å². The van der Waals surface area contributed by atoms with Crippen molar-refractivity contribution < 1.29 is 9.53 Å². The van der Waals surface area contributed by atoms with Crippen LogP contribution in [0.2, 0.25) is 0 Å². The predicted molar refractivity (Wildman–Crippen MR) is 116 cm³/mol. The number of amides is 1. The van der Waals surface area contributed by atoms with Crippen molar-refractivity contribution in [3.8, 4) is 5.75 Å². The van der Waals surface area contributed by atoms with Crippen LogP contribution >= 0.6 is 0 Å². The molecular weight excluding hydrogens is 346 g/mol. The third kappa shape index (κ3) is 4.36. The summed E-state index contributed by atoms with van der Waals surface area (Å²) < 4.78 is 6.03. The van der Waals surface area contributed by atoms with E-state index >= 15 is 0 Å². The highest BCUT2D eigenvalue weighted by Crippen LogP contribution is 2.24. The Bertz CT molecular complexity index is 993. The van der Waals surface area contributed by atoms with Crippen LogP contribution in [0, 0.1) is 20.8 Å². The van der Waals surface area contributed by atoms with E-state index in [0.717, 1.165) is 22.1 Å². The largest absolute Gasteiger partial charge is 0.481 e. The normalized spacial score (nSPS) is 13.2. The van der Waals surface area contributed by atoms with Gasteiger partial charge >= 0.3 is 0 Å². The second-order valence-corrected chi connectivity index (χ2v) is 7.55. The first-order valence-electron chi connectivity index (χ1n) is 9.92. The summed E-state index contributed by atoms with van der Waals surface area (Å²) in [5.41, 5.74) is 4.85. The second kappa shape index (κ2) is 8.47. The van der Waals surface area contributed by atoms with E-state index in [1.165, 1.54) is 16.7 Å². The molecule has 0 aliphatic rings. The zero-order valence-electron chi connectivity index (χ0n) is 17.4. The Morgan fingerprint density at radius 2 is 1.61 bits per heavy atom. The summed E-state index contributed by atoms with van der Waals surface area (Å²) in [7, 11) is 0. The van der Waals surface area contributed by atoms with Gasteiger partial charge in [-0.25, -0.2) is 0 Å². The summed E-state index contributed by atoms with van der Waals surface area (Å²) in [4.78, 5) is 12.9. The maximum atomic E-state index is 12.9. The Morgan fingerprint density at radius 1 is 0.929 bits per heavy atom. The first-order chi connectivity index (χ1) is 13.4. The van der Waals surface area contributed by atoms with Crippen molar-refractivity contribution in [3.63, 3.8) is 0 Å². The van der Waals surface area contributed by atoms with Crippen LogP contribution in [0.4, 0.5) is 0 Å². The molecule has 1 amide bonds. The third-order valence-electron chi connectivity index (χ3n) is 5.37. The van der Waals surface area contributed by atoms with Crippen LogP contribution in [0.3, 0.4) is 0 Å². The molecule has 3 rings (SSSR count). The first-order valence-corrected chi connectivity index (χ1v) is 9.92. The van der Waals surface area contributed by atoms with Gasteiger partial charge in [-0.1, -0.05) is 49.4 Å². The lowest BCUT2D eigenvalue weighted by molar-refractivity contribution is -0.128. The Morgan fingerprint density at radius 3 is 2.32 bits per heavy atom. The monoisotopic (exact) mass is 375 g/mol. The molecule has 0 aliphatic heterocycles. The van der Waals surface area contributed by atoms with E-state index in [1.807, 2.05) is 50.2 Å². The minimum Gasteiger partial charge on any atom is -0.481 e. The van der Waals surface area contributed by atoms with Gasteiger partial charge in [0.15, 0.2) is 6.10 Å². The van der Waals surface area contributed by atoms with Crippen molar-refractivity contribution in [2.45, 2.75) is 53.2 Å². The molecule has 2 unspecified atom stereocenters. The summed E-state index contributed by atoms with van der Waals surface area (Å²) in [6.45, 7) is 10.3. The number of aryl methyl sites for hydroxylation is 3. The zero-order valence-corrected chi connectivity index (χ0v) is 17.4. The number of hydrogen-bond acceptors (Lipinski definition) is 2. The highest BCUT2D eigenvalue weighted by Gasteiger charge is 2.21. The van der Waals surface area contributed by atoms with Gasteiger partial charge in [0.2, 0.25) is 0 Å². The molecule has 3 nitrogen and oxygen atoms in total. The van der Waals surface area contributed by atoms with Crippen molar-refractivity contribution in [3.05, 3.63) is 76.9 Å². The molecule has 2 atom stereocenters. The average molecular weight is 376 g/mol. The fraction of sp³-hybridized carbons (Fsp3) is 0.320. The second-order valence-electron chi connectivity index (χ2n) is 7.55. The van der Waals surface area contributed by atoms with Crippen LogP contribution in [-0.4, -0.2) is 12.0 Å². The number of fused-ring (bicyclic) bond motifs is 1.